The van der Waals surface area contributed by atoms with Gasteiger partial charge in [-0.05, 0) is 19.2 Å². The molecule has 0 aliphatic heterocycles. The quantitative estimate of drug-likeness (QED) is 0.867. The number of carboxylic acid groups (broad SMARTS) is 1. The van der Waals surface area contributed by atoms with E-state index in [-0.39, 0.29) is 6.42 Å². The Hall–Kier alpha value is -1.93. The first kappa shape index (κ1) is 17.4. The van der Waals surface area contributed by atoms with E-state index in [2.05, 4.69) is 4.98 Å². The van der Waals surface area contributed by atoms with E-state index in [4.69, 9.17) is 5.11 Å². The summed E-state index contributed by atoms with van der Waals surface area (Å²) in [6, 6.07) is 4.88. The van der Waals surface area contributed by atoms with Gasteiger partial charge in [-0.1, -0.05) is 12.1 Å². The monoisotopic (exact) mass is 344 g/mol. The average Bonchev–Trinajstić information content (AvgIpc) is 2.93. The number of benzene rings is 1. The lowest BCUT2D eigenvalue weighted by Gasteiger charge is -2.13. The predicted octanol–water partition coefficient (Wildman–Crippen LogP) is 3.74. The largest absolute Gasteiger partial charge is 0.481 e. The van der Waals surface area contributed by atoms with Crippen LogP contribution in [0.2, 0.25) is 0 Å². The van der Waals surface area contributed by atoms with Crippen LogP contribution in [0, 0.1) is 0 Å². The van der Waals surface area contributed by atoms with E-state index in [0.29, 0.717) is 23.7 Å². The maximum absolute atomic E-state index is 12.5. The summed E-state index contributed by atoms with van der Waals surface area (Å²) in [6.45, 7) is 0.896. The van der Waals surface area contributed by atoms with E-state index in [1.165, 1.54) is 23.5 Å². The number of hydrogen-bond acceptors (Lipinski definition) is 4. The summed E-state index contributed by atoms with van der Waals surface area (Å²) in [5.74, 6) is -0.861. The Labute approximate surface area is 135 Å². The van der Waals surface area contributed by atoms with Crippen LogP contribution in [0.1, 0.15) is 17.7 Å². The Morgan fingerprint density at radius 3 is 2.52 bits per heavy atom. The average molecular weight is 344 g/mol. The molecule has 2 aromatic rings. The SMILES string of the molecule is CN(CCC(=O)O)Cc1csc(-c2ccc(C(F)(F)F)cc2)n1. The highest BCUT2D eigenvalue weighted by molar-refractivity contribution is 7.13. The first-order chi connectivity index (χ1) is 10.8. The second-order valence-electron chi connectivity index (χ2n) is 5.10. The molecule has 0 unspecified atom stereocenters. The van der Waals surface area contributed by atoms with Gasteiger partial charge in [0, 0.05) is 24.0 Å². The Morgan fingerprint density at radius 1 is 1.30 bits per heavy atom. The molecule has 0 saturated carbocycles. The number of aliphatic carboxylic acids is 1. The minimum Gasteiger partial charge on any atom is -0.481 e. The van der Waals surface area contributed by atoms with Crippen LogP contribution in [0.3, 0.4) is 0 Å². The van der Waals surface area contributed by atoms with Crippen molar-refractivity contribution in [3.63, 3.8) is 0 Å². The van der Waals surface area contributed by atoms with E-state index in [1.54, 1.807) is 7.05 Å². The van der Waals surface area contributed by atoms with Crippen molar-refractivity contribution in [3.8, 4) is 10.6 Å². The van der Waals surface area contributed by atoms with Gasteiger partial charge in [-0.25, -0.2) is 4.98 Å². The first-order valence-electron chi connectivity index (χ1n) is 6.78. The smallest absolute Gasteiger partial charge is 0.416 e. The number of hydrogen-bond donors (Lipinski definition) is 1. The molecule has 8 heteroatoms. The van der Waals surface area contributed by atoms with Crippen LogP contribution in [0.4, 0.5) is 13.2 Å². The Morgan fingerprint density at radius 2 is 1.96 bits per heavy atom. The summed E-state index contributed by atoms with van der Waals surface area (Å²) in [5.41, 5.74) is 0.701. The van der Waals surface area contributed by atoms with Crippen molar-refractivity contribution in [1.82, 2.24) is 9.88 Å². The molecule has 0 saturated heterocycles. The van der Waals surface area contributed by atoms with Crippen LogP contribution in [-0.4, -0.2) is 34.6 Å². The lowest BCUT2D eigenvalue weighted by molar-refractivity contribution is -0.138. The third-order valence-electron chi connectivity index (χ3n) is 3.15. The van der Waals surface area contributed by atoms with Crippen LogP contribution in [0.25, 0.3) is 10.6 Å². The molecule has 0 spiro atoms. The van der Waals surface area contributed by atoms with Crippen molar-refractivity contribution in [1.29, 1.82) is 0 Å². The third-order valence-corrected chi connectivity index (χ3v) is 4.09. The molecule has 4 nitrogen and oxygen atoms in total. The highest BCUT2D eigenvalue weighted by Crippen LogP contribution is 2.31. The fraction of sp³-hybridized carbons (Fsp3) is 0.333. The zero-order valence-electron chi connectivity index (χ0n) is 12.3. The zero-order valence-corrected chi connectivity index (χ0v) is 13.1. The van der Waals surface area contributed by atoms with Gasteiger partial charge in [-0.15, -0.1) is 11.3 Å². The third kappa shape index (κ3) is 5.04. The highest BCUT2D eigenvalue weighted by Gasteiger charge is 2.30. The van der Waals surface area contributed by atoms with Crippen LogP contribution in [-0.2, 0) is 17.5 Å². The molecule has 2 rings (SSSR count). The summed E-state index contributed by atoms with van der Waals surface area (Å²) in [4.78, 5) is 16.7. The van der Waals surface area contributed by atoms with Gasteiger partial charge >= 0.3 is 12.1 Å². The fourth-order valence-electron chi connectivity index (χ4n) is 1.96. The number of aromatic nitrogens is 1. The Kier molecular flexibility index (Phi) is 5.38. The van der Waals surface area contributed by atoms with Crippen LogP contribution in [0.15, 0.2) is 29.6 Å². The van der Waals surface area contributed by atoms with E-state index >= 15 is 0 Å². The summed E-state index contributed by atoms with van der Waals surface area (Å²) < 4.78 is 37.6. The van der Waals surface area contributed by atoms with Gasteiger partial charge in [0.15, 0.2) is 0 Å². The molecule has 23 heavy (non-hydrogen) atoms. The molecule has 0 aliphatic rings. The van der Waals surface area contributed by atoms with Gasteiger partial charge in [-0.2, -0.15) is 13.2 Å². The normalized spacial score (nSPS) is 11.9. The molecular formula is C15H15F3N2O2S. The molecule has 0 atom stereocenters. The summed E-state index contributed by atoms with van der Waals surface area (Å²) in [7, 11) is 1.79. The van der Waals surface area contributed by atoms with Gasteiger partial charge in [0.05, 0.1) is 17.7 Å². The molecule has 0 bridgehead atoms. The zero-order chi connectivity index (χ0) is 17.0. The minimum absolute atomic E-state index is 0.0480. The van der Waals surface area contributed by atoms with Crippen molar-refractivity contribution in [2.24, 2.45) is 0 Å². The molecule has 0 radical (unpaired) electrons. The highest BCUT2D eigenvalue weighted by atomic mass is 32.1. The Bertz CT molecular complexity index is 668. The van der Waals surface area contributed by atoms with E-state index in [1.807, 2.05) is 10.3 Å². The summed E-state index contributed by atoms with van der Waals surface area (Å²) in [5, 5.41) is 11.1. The molecule has 124 valence electrons. The molecule has 0 amide bonds. The van der Waals surface area contributed by atoms with Gasteiger partial charge in [0.2, 0.25) is 0 Å². The van der Waals surface area contributed by atoms with Gasteiger partial charge in [-0.3, -0.25) is 9.69 Å². The van der Waals surface area contributed by atoms with Gasteiger partial charge < -0.3 is 5.11 Å². The standard InChI is InChI=1S/C15H15F3N2O2S/c1-20(7-6-13(21)22)8-12-9-23-14(19-12)10-2-4-11(5-3-10)15(16,17)18/h2-5,9H,6-8H2,1H3,(H,21,22). The van der Waals surface area contributed by atoms with Crippen molar-refractivity contribution < 1.29 is 23.1 Å². The molecule has 0 aliphatic carbocycles. The maximum Gasteiger partial charge on any atom is 0.416 e. The fourth-order valence-corrected chi connectivity index (χ4v) is 2.77. The lowest BCUT2D eigenvalue weighted by atomic mass is 10.1. The van der Waals surface area contributed by atoms with E-state index in [9.17, 15) is 18.0 Å². The van der Waals surface area contributed by atoms with Gasteiger partial charge in [0.1, 0.15) is 5.01 Å². The van der Waals surface area contributed by atoms with Crippen molar-refractivity contribution >= 4 is 17.3 Å². The van der Waals surface area contributed by atoms with Crippen LogP contribution >= 0.6 is 11.3 Å². The van der Waals surface area contributed by atoms with Crippen LogP contribution in [0.5, 0.6) is 0 Å². The maximum atomic E-state index is 12.5. The summed E-state index contributed by atoms with van der Waals surface area (Å²) in [6.07, 6.45) is -4.30. The number of alkyl halides is 3. The first-order valence-corrected chi connectivity index (χ1v) is 7.66. The molecule has 1 aromatic heterocycles. The summed E-state index contributed by atoms with van der Waals surface area (Å²) >= 11 is 1.35. The molecule has 1 N–H and O–H groups in total. The molecule has 0 fully saturated rings. The predicted molar refractivity (Wildman–Crippen MR) is 81.1 cm³/mol. The number of halogens is 3. The number of rotatable bonds is 6. The topological polar surface area (TPSA) is 53.4 Å². The number of nitrogens with zero attached hydrogens (tertiary/aromatic N) is 2. The molecule has 1 heterocycles. The second-order valence-corrected chi connectivity index (χ2v) is 5.96. The number of thiazole rings is 1. The lowest BCUT2D eigenvalue weighted by Crippen LogP contribution is -2.21. The van der Waals surface area contributed by atoms with Crippen molar-refractivity contribution in [3.05, 3.63) is 40.9 Å². The van der Waals surface area contributed by atoms with Crippen LogP contribution < -0.4 is 0 Å². The van der Waals surface area contributed by atoms with E-state index in [0.717, 1.165) is 17.8 Å². The molecular weight excluding hydrogens is 329 g/mol. The second kappa shape index (κ2) is 7.10. The van der Waals surface area contributed by atoms with Gasteiger partial charge in [0.25, 0.3) is 0 Å². The Balaban J connectivity index is 2.03. The van der Waals surface area contributed by atoms with Crippen molar-refractivity contribution in [2.75, 3.05) is 13.6 Å². The van der Waals surface area contributed by atoms with E-state index < -0.39 is 17.7 Å². The number of carboxylic acids is 1. The number of carbonyl (C=O) groups is 1. The molecule has 1 aromatic carbocycles. The van der Waals surface area contributed by atoms with Crippen molar-refractivity contribution in [2.45, 2.75) is 19.1 Å². The minimum atomic E-state index is -4.35.